The lowest BCUT2D eigenvalue weighted by molar-refractivity contribution is 0.171. The van der Waals surface area contributed by atoms with Crippen molar-refractivity contribution >= 4 is 15.9 Å². The molecule has 1 aromatic carbocycles. The smallest absolute Gasteiger partial charge is 0.175 e. The van der Waals surface area contributed by atoms with E-state index in [1.165, 1.54) is 20.3 Å². The van der Waals surface area contributed by atoms with E-state index in [1.807, 2.05) is 0 Å². The van der Waals surface area contributed by atoms with Gasteiger partial charge in [-0.05, 0) is 23.0 Å². The Morgan fingerprint density at radius 3 is 2.59 bits per heavy atom. The number of hydrogen-bond acceptors (Lipinski definition) is 4. The molecule has 0 heterocycles. The second-order valence-corrected chi connectivity index (χ2v) is 4.19. The summed E-state index contributed by atoms with van der Waals surface area (Å²) in [6.45, 7) is 0.241. The third-order valence-corrected chi connectivity index (χ3v) is 3.12. The molecule has 0 aromatic heterocycles. The number of methoxy groups -OCH3 is 2. The van der Waals surface area contributed by atoms with Crippen LogP contribution in [0.15, 0.2) is 10.5 Å². The molecule has 0 radical (unpaired) electrons. The second-order valence-electron chi connectivity index (χ2n) is 3.40. The van der Waals surface area contributed by atoms with E-state index in [-0.39, 0.29) is 17.9 Å². The predicted octanol–water partition coefficient (Wildman–Crippen LogP) is 1.86. The van der Waals surface area contributed by atoms with Gasteiger partial charge in [0.2, 0.25) is 0 Å². The Morgan fingerprint density at radius 1 is 1.47 bits per heavy atom. The zero-order valence-corrected chi connectivity index (χ0v) is 11.5. The Labute approximate surface area is 108 Å². The van der Waals surface area contributed by atoms with Gasteiger partial charge >= 0.3 is 0 Å². The zero-order valence-electron chi connectivity index (χ0n) is 9.88. The van der Waals surface area contributed by atoms with Crippen LogP contribution < -0.4 is 14.8 Å². The summed E-state index contributed by atoms with van der Waals surface area (Å²) < 4.78 is 24.3. The number of halogens is 2. The van der Waals surface area contributed by atoms with Crippen molar-refractivity contribution in [2.24, 2.45) is 0 Å². The fourth-order valence-corrected chi connectivity index (χ4v) is 2.35. The van der Waals surface area contributed by atoms with Crippen molar-refractivity contribution in [2.45, 2.75) is 6.10 Å². The number of aliphatic hydroxyl groups is 1. The van der Waals surface area contributed by atoms with Crippen LogP contribution in [0.2, 0.25) is 0 Å². The van der Waals surface area contributed by atoms with Gasteiger partial charge in [-0.25, -0.2) is 4.39 Å². The molecule has 0 saturated carbocycles. The molecule has 0 amide bonds. The molecular formula is C11H15BrFNO3. The number of aliphatic hydroxyl groups excluding tert-OH is 1. The minimum atomic E-state index is -0.964. The van der Waals surface area contributed by atoms with Crippen LogP contribution in [-0.4, -0.2) is 32.9 Å². The lowest BCUT2D eigenvalue weighted by Gasteiger charge is -2.17. The van der Waals surface area contributed by atoms with Gasteiger partial charge < -0.3 is 19.9 Å². The third kappa shape index (κ3) is 2.88. The van der Waals surface area contributed by atoms with Crippen LogP contribution in [0.5, 0.6) is 11.5 Å². The van der Waals surface area contributed by atoms with Crippen molar-refractivity contribution in [3.63, 3.8) is 0 Å². The van der Waals surface area contributed by atoms with E-state index in [4.69, 9.17) is 9.47 Å². The predicted molar refractivity (Wildman–Crippen MR) is 66.1 cm³/mol. The van der Waals surface area contributed by atoms with Gasteiger partial charge in [-0.3, -0.25) is 0 Å². The fraction of sp³-hybridized carbons (Fsp3) is 0.455. The van der Waals surface area contributed by atoms with Crippen LogP contribution in [0.3, 0.4) is 0 Å². The first-order valence-corrected chi connectivity index (χ1v) is 5.78. The Hall–Kier alpha value is -0.850. The van der Waals surface area contributed by atoms with Gasteiger partial charge in [0.05, 0.1) is 24.8 Å². The molecule has 0 spiro atoms. The Kier molecular flexibility index (Phi) is 5.17. The molecule has 0 bridgehead atoms. The molecule has 2 N–H and O–H groups in total. The molecule has 0 aliphatic rings. The van der Waals surface area contributed by atoms with Gasteiger partial charge in [0.1, 0.15) is 5.82 Å². The topological polar surface area (TPSA) is 50.7 Å². The van der Waals surface area contributed by atoms with Gasteiger partial charge in [-0.15, -0.1) is 0 Å². The Balaban J connectivity index is 3.31. The molecule has 1 unspecified atom stereocenters. The minimum Gasteiger partial charge on any atom is -0.493 e. The maximum atomic E-state index is 13.8. The van der Waals surface area contributed by atoms with Crippen molar-refractivity contribution in [3.8, 4) is 11.5 Å². The molecule has 0 saturated heterocycles. The highest BCUT2D eigenvalue weighted by molar-refractivity contribution is 9.10. The van der Waals surface area contributed by atoms with Gasteiger partial charge in [0, 0.05) is 18.2 Å². The number of ether oxygens (including phenoxy) is 2. The van der Waals surface area contributed by atoms with Gasteiger partial charge in [0.15, 0.2) is 11.5 Å². The number of rotatable bonds is 5. The summed E-state index contributed by atoms with van der Waals surface area (Å²) in [7, 11) is 4.55. The van der Waals surface area contributed by atoms with Crippen LogP contribution in [-0.2, 0) is 0 Å². The fourth-order valence-electron chi connectivity index (χ4n) is 1.54. The molecule has 0 aliphatic heterocycles. The monoisotopic (exact) mass is 307 g/mol. The normalized spacial score (nSPS) is 12.4. The third-order valence-electron chi connectivity index (χ3n) is 2.33. The molecular weight excluding hydrogens is 293 g/mol. The van der Waals surface area contributed by atoms with Crippen molar-refractivity contribution in [1.82, 2.24) is 5.32 Å². The van der Waals surface area contributed by atoms with Gasteiger partial charge in [-0.2, -0.15) is 0 Å². The molecule has 96 valence electrons. The second kappa shape index (κ2) is 6.18. The van der Waals surface area contributed by atoms with E-state index in [0.29, 0.717) is 10.2 Å². The van der Waals surface area contributed by atoms with Crippen LogP contribution >= 0.6 is 15.9 Å². The maximum Gasteiger partial charge on any atom is 0.175 e. The van der Waals surface area contributed by atoms with E-state index in [2.05, 4.69) is 21.2 Å². The summed E-state index contributed by atoms with van der Waals surface area (Å²) >= 11 is 3.22. The zero-order chi connectivity index (χ0) is 13.0. The lowest BCUT2D eigenvalue weighted by Crippen LogP contribution is -2.18. The SMILES string of the molecule is CNCC(O)c1c(F)cc(OC)c(OC)c1Br. The van der Waals surface area contributed by atoms with Crippen molar-refractivity contribution < 1.29 is 19.0 Å². The first-order chi connectivity index (χ1) is 8.06. The quantitative estimate of drug-likeness (QED) is 0.872. The number of benzene rings is 1. The Morgan fingerprint density at radius 2 is 2.12 bits per heavy atom. The molecule has 0 aliphatic carbocycles. The van der Waals surface area contributed by atoms with Crippen molar-refractivity contribution in [3.05, 3.63) is 21.9 Å². The number of hydrogen-bond donors (Lipinski definition) is 2. The van der Waals surface area contributed by atoms with Gasteiger partial charge in [-0.1, -0.05) is 0 Å². The summed E-state index contributed by atoms with van der Waals surface area (Å²) in [6.07, 6.45) is -0.964. The van der Waals surface area contributed by atoms with Gasteiger partial charge in [0.25, 0.3) is 0 Å². The summed E-state index contributed by atoms with van der Waals surface area (Å²) in [6, 6.07) is 1.19. The minimum absolute atomic E-state index is 0.150. The van der Waals surface area contributed by atoms with Crippen LogP contribution in [0.25, 0.3) is 0 Å². The molecule has 1 atom stereocenters. The molecule has 0 fully saturated rings. The highest BCUT2D eigenvalue weighted by atomic mass is 79.9. The molecule has 17 heavy (non-hydrogen) atoms. The highest BCUT2D eigenvalue weighted by Gasteiger charge is 2.22. The first-order valence-electron chi connectivity index (χ1n) is 4.99. The summed E-state index contributed by atoms with van der Waals surface area (Å²) in [4.78, 5) is 0. The molecule has 6 heteroatoms. The van der Waals surface area contributed by atoms with E-state index in [9.17, 15) is 9.50 Å². The number of likely N-dealkylation sites (N-methyl/N-ethyl adjacent to an activating group) is 1. The van der Waals surface area contributed by atoms with Crippen LogP contribution in [0, 0.1) is 5.82 Å². The van der Waals surface area contributed by atoms with E-state index in [1.54, 1.807) is 7.05 Å². The van der Waals surface area contributed by atoms with E-state index in [0.717, 1.165) is 0 Å². The highest BCUT2D eigenvalue weighted by Crippen LogP contribution is 2.41. The standard InChI is InChI=1S/C11H15BrFNO3/c1-14-5-7(15)9-6(13)4-8(16-2)11(17-3)10(9)12/h4,7,14-15H,5H2,1-3H3. The van der Waals surface area contributed by atoms with Crippen molar-refractivity contribution in [1.29, 1.82) is 0 Å². The van der Waals surface area contributed by atoms with E-state index < -0.39 is 11.9 Å². The summed E-state index contributed by atoms with van der Waals surface area (Å²) in [5.74, 6) is 0.0913. The Bertz CT molecular complexity index is 401. The maximum absolute atomic E-state index is 13.8. The van der Waals surface area contributed by atoms with Crippen LogP contribution in [0.4, 0.5) is 4.39 Å². The summed E-state index contributed by atoms with van der Waals surface area (Å²) in [5, 5.41) is 12.6. The lowest BCUT2D eigenvalue weighted by atomic mass is 10.1. The number of nitrogens with one attached hydrogen (secondary N) is 1. The summed E-state index contributed by atoms with van der Waals surface area (Å²) in [5.41, 5.74) is 0.150. The van der Waals surface area contributed by atoms with E-state index >= 15 is 0 Å². The average molecular weight is 308 g/mol. The van der Waals surface area contributed by atoms with Crippen LogP contribution in [0.1, 0.15) is 11.7 Å². The first kappa shape index (κ1) is 14.2. The molecule has 1 aromatic rings. The average Bonchev–Trinajstić information content (AvgIpc) is 2.28. The molecule has 1 rings (SSSR count). The molecule has 4 nitrogen and oxygen atoms in total. The van der Waals surface area contributed by atoms with Crippen molar-refractivity contribution in [2.75, 3.05) is 27.8 Å². The largest absolute Gasteiger partial charge is 0.493 e.